The Labute approximate surface area is 140 Å². The zero-order valence-electron chi connectivity index (χ0n) is 13.6. The maximum Gasteiger partial charge on any atom is 0.251 e. The van der Waals surface area contributed by atoms with E-state index in [4.69, 9.17) is 0 Å². The lowest BCUT2D eigenvalue weighted by Gasteiger charge is -2.22. The molecule has 0 aliphatic carbocycles. The molecule has 0 aliphatic heterocycles. The molecule has 0 bridgehead atoms. The number of carbonyl (C=O) groups excluding carboxylic acids is 2. The zero-order chi connectivity index (χ0) is 17.5. The fourth-order valence-electron chi connectivity index (χ4n) is 2.04. The van der Waals surface area contributed by atoms with E-state index in [0.717, 1.165) is 0 Å². The molecule has 0 unspecified atom stereocenters. The second-order valence-electron chi connectivity index (χ2n) is 5.40. The van der Waals surface area contributed by atoms with Crippen molar-refractivity contribution in [2.24, 2.45) is 0 Å². The van der Waals surface area contributed by atoms with Gasteiger partial charge in [-0.15, -0.1) is 0 Å². The van der Waals surface area contributed by atoms with Crippen LogP contribution in [0.2, 0.25) is 0 Å². The summed E-state index contributed by atoms with van der Waals surface area (Å²) < 4.78 is 13.6. The van der Waals surface area contributed by atoms with Crippen LogP contribution in [0.25, 0.3) is 6.08 Å². The van der Waals surface area contributed by atoms with Gasteiger partial charge in [0, 0.05) is 31.4 Å². The largest absolute Gasteiger partial charge is 0.347 e. The van der Waals surface area contributed by atoms with Crippen LogP contribution in [0, 0.1) is 5.82 Å². The van der Waals surface area contributed by atoms with Crippen LogP contribution in [0.15, 0.2) is 60.7 Å². The standard InChI is InChI=1S/C19H19FN2O2/c1-21(2)19(24)14-22(16-9-4-3-5-10-16)18(23)13-12-15-8-6-7-11-17(15)20/h3-13H,14H2,1-2H3/b13-12+. The molecular weight excluding hydrogens is 307 g/mol. The summed E-state index contributed by atoms with van der Waals surface area (Å²) in [6, 6.07) is 15.1. The molecule has 5 heteroatoms. The zero-order valence-corrected chi connectivity index (χ0v) is 13.6. The molecule has 2 aromatic rings. The molecule has 2 amide bonds. The number of nitrogens with zero attached hydrogens (tertiary/aromatic N) is 2. The lowest BCUT2D eigenvalue weighted by molar-refractivity contribution is -0.128. The van der Waals surface area contributed by atoms with Crippen molar-refractivity contribution in [1.82, 2.24) is 4.90 Å². The first kappa shape index (κ1) is 17.4. The lowest BCUT2D eigenvalue weighted by atomic mass is 10.2. The topological polar surface area (TPSA) is 40.6 Å². The van der Waals surface area contributed by atoms with Crippen LogP contribution >= 0.6 is 0 Å². The number of benzene rings is 2. The fraction of sp³-hybridized carbons (Fsp3) is 0.158. The maximum atomic E-state index is 13.6. The summed E-state index contributed by atoms with van der Waals surface area (Å²) in [6.45, 7) is -0.0859. The molecule has 0 heterocycles. The van der Waals surface area contributed by atoms with Crippen molar-refractivity contribution in [1.29, 1.82) is 0 Å². The molecule has 0 saturated heterocycles. The third-order valence-corrected chi connectivity index (χ3v) is 3.44. The summed E-state index contributed by atoms with van der Waals surface area (Å²) >= 11 is 0. The molecule has 24 heavy (non-hydrogen) atoms. The minimum absolute atomic E-state index is 0.0859. The Hall–Kier alpha value is -2.95. The van der Waals surface area contributed by atoms with E-state index in [1.807, 2.05) is 6.07 Å². The molecule has 0 aromatic heterocycles. The molecular formula is C19H19FN2O2. The molecule has 0 atom stereocenters. The van der Waals surface area contributed by atoms with Gasteiger partial charge in [-0.2, -0.15) is 0 Å². The summed E-state index contributed by atoms with van der Waals surface area (Å²) in [5.74, 6) is -0.997. The van der Waals surface area contributed by atoms with E-state index in [1.54, 1.807) is 56.6 Å². The number of amides is 2. The van der Waals surface area contributed by atoms with Gasteiger partial charge in [-0.1, -0.05) is 36.4 Å². The number of halogens is 1. The summed E-state index contributed by atoms with van der Waals surface area (Å²) in [7, 11) is 3.26. The van der Waals surface area contributed by atoms with E-state index in [0.29, 0.717) is 11.3 Å². The van der Waals surface area contributed by atoms with Crippen LogP contribution in [-0.2, 0) is 9.59 Å². The quantitative estimate of drug-likeness (QED) is 0.793. The van der Waals surface area contributed by atoms with Gasteiger partial charge in [0.15, 0.2) is 0 Å². The van der Waals surface area contributed by atoms with Crippen molar-refractivity contribution in [2.45, 2.75) is 0 Å². The van der Waals surface area contributed by atoms with Crippen molar-refractivity contribution in [3.05, 3.63) is 72.1 Å². The molecule has 0 N–H and O–H groups in total. The number of likely N-dealkylation sites (N-methyl/N-ethyl adjacent to an activating group) is 1. The third kappa shape index (κ3) is 4.52. The summed E-state index contributed by atoms with van der Waals surface area (Å²) in [5.41, 5.74) is 0.925. The summed E-state index contributed by atoms with van der Waals surface area (Å²) in [6.07, 6.45) is 2.68. The monoisotopic (exact) mass is 326 g/mol. The number of hydrogen-bond donors (Lipinski definition) is 0. The Morgan fingerprint density at radius 2 is 1.62 bits per heavy atom. The van der Waals surface area contributed by atoms with Gasteiger partial charge in [-0.25, -0.2) is 4.39 Å². The summed E-state index contributed by atoms with van der Waals surface area (Å²) in [5, 5.41) is 0. The van der Waals surface area contributed by atoms with Gasteiger partial charge < -0.3 is 4.90 Å². The predicted molar refractivity (Wildman–Crippen MR) is 92.9 cm³/mol. The SMILES string of the molecule is CN(C)C(=O)CN(C(=O)/C=C/c1ccccc1F)c1ccccc1. The van der Waals surface area contributed by atoms with Crippen LogP contribution in [0.1, 0.15) is 5.56 Å². The van der Waals surface area contributed by atoms with Crippen molar-refractivity contribution in [2.75, 3.05) is 25.5 Å². The molecule has 0 aliphatic rings. The molecule has 2 rings (SSSR count). The maximum absolute atomic E-state index is 13.6. The predicted octanol–water partition coefficient (Wildman–Crippen LogP) is 2.96. The highest BCUT2D eigenvalue weighted by Crippen LogP contribution is 2.15. The smallest absolute Gasteiger partial charge is 0.251 e. The Balaban J connectivity index is 2.24. The molecule has 4 nitrogen and oxygen atoms in total. The summed E-state index contributed by atoms with van der Waals surface area (Å²) in [4.78, 5) is 27.3. The van der Waals surface area contributed by atoms with E-state index in [9.17, 15) is 14.0 Å². The first-order valence-corrected chi connectivity index (χ1v) is 7.48. The lowest BCUT2D eigenvalue weighted by Crippen LogP contribution is -2.39. The molecule has 0 spiro atoms. The van der Waals surface area contributed by atoms with Gasteiger partial charge in [-0.05, 0) is 24.3 Å². The molecule has 0 saturated carbocycles. The van der Waals surface area contributed by atoms with E-state index >= 15 is 0 Å². The first-order valence-electron chi connectivity index (χ1n) is 7.48. The van der Waals surface area contributed by atoms with Gasteiger partial charge in [0.25, 0.3) is 5.91 Å². The van der Waals surface area contributed by atoms with Gasteiger partial charge in [0.1, 0.15) is 12.4 Å². The highest BCUT2D eigenvalue weighted by atomic mass is 19.1. The highest BCUT2D eigenvalue weighted by Gasteiger charge is 2.18. The Morgan fingerprint density at radius 3 is 2.25 bits per heavy atom. The van der Waals surface area contributed by atoms with Crippen LogP contribution in [0.3, 0.4) is 0 Å². The fourth-order valence-corrected chi connectivity index (χ4v) is 2.04. The second kappa shape index (κ2) is 8.06. The number of hydrogen-bond acceptors (Lipinski definition) is 2. The number of para-hydroxylation sites is 1. The number of anilines is 1. The minimum Gasteiger partial charge on any atom is -0.347 e. The van der Waals surface area contributed by atoms with Crippen LogP contribution in [-0.4, -0.2) is 37.4 Å². The normalized spacial score (nSPS) is 10.6. The van der Waals surface area contributed by atoms with Gasteiger partial charge in [-0.3, -0.25) is 14.5 Å². The van der Waals surface area contributed by atoms with E-state index in [1.165, 1.54) is 28.0 Å². The van der Waals surface area contributed by atoms with Gasteiger partial charge in [0.05, 0.1) is 0 Å². The Kier molecular flexibility index (Phi) is 5.84. The molecule has 0 fully saturated rings. The van der Waals surface area contributed by atoms with Crippen molar-refractivity contribution >= 4 is 23.6 Å². The van der Waals surface area contributed by atoms with Crippen LogP contribution in [0.5, 0.6) is 0 Å². The van der Waals surface area contributed by atoms with Gasteiger partial charge >= 0.3 is 0 Å². The third-order valence-electron chi connectivity index (χ3n) is 3.44. The van der Waals surface area contributed by atoms with E-state index in [-0.39, 0.29) is 18.4 Å². The molecule has 0 radical (unpaired) electrons. The number of carbonyl (C=O) groups is 2. The Bertz CT molecular complexity index is 742. The first-order chi connectivity index (χ1) is 11.5. The van der Waals surface area contributed by atoms with E-state index in [2.05, 4.69) is 0 Å². The van der Waals surface area contributed by atoms with Gasteiger partial charge in [0.2, 0.25) is 5.91 Å². The minimum atomic E-state index is -0.405. The number of rotatable bonds is 5. The molecule has 124 valence electrons. The molecule has 2 aromatic carbocycles. The average Bonchev–Trinajstić information content (AvgIpc) is 2.59. The van der Waals surface area contributed by atoms with Crippen molar-refractivity contribution in [3.63, 3.8) is 0 Å². The van der Waals surface area contributed by atoms with Crippen LogP contribution < -0.4 is 4.90 Å². The van der Waals surface area contributed by atoms with E-state index < -0.39 is 5.82 Å². The second-order valence-corrected chi connectivity index (χ2v) is 5.40. The van der Waals surface area contributed by atoms with Crippen molar-refractivity contribution in [3.8, 4) is 0 Å². The average molecular weight is 326 g/mol. The Morgan fingerprint density at radius 1 is 1.00 bits per heavy atom. The van der Waals surface area contributed by atoms with Crippen LogP contribution in [0.4, 0.5) is 10.1 Å². The van der Waals surface area contributed by atoms with Crippen molar-refractivity contribution < 1.29 is 14.0 Å². The highest BCUT2D eigenvalue weighted by molar-refractivity contribution is 6.06.